The van der Waals surface area contributed by atoms with Crippen molar-refractivity contribution < 1.29 is 14.3 Å². The van der Waals surface area contributed by atoms with E-state index < -0.39 is 17.1 Å². The smallest absolute Gasteiger partial charge is 0.259 e. The quantitative estimate of drug-likeness (QED) is 0.816. The van der Waals surface area contributed by atoms with Crippen molar-refractivity contribution in [2.75, 3.05) is 7.11 Å². The Morgan fingerprint density at radius 2 is 2.00 bits per heavy atom. The topological polar surface area (TPSA) is 89.1 Å². The zero-order chi connectivity index (χ0) is 13.6. The van der Waals surface area contributed by atoms with Gasteiger partial charge in [0, 0.05) is 17.2 Å². The molecule has 0 radical (unpaired) electrons. The van der Waals surface area contributed by atoms with Crippen molar-refractivity contribution in [3.63, 3.8) is 0 Å². The predicted molar refractivity (Wildman–Crippen MR) is 66.1 cm³/mol. The number of methoxy groups -OCH3 is 1. The summed E-state index contributed by atoms with van der Waals surface area (Å²) in [6, 6.07) is 3.02. The minimum Gasteiger partial charge on any atom is -0.492 e. The number of benzene rings is 1. The van der Waals surface area contributed by atoms with E-state index in [1.54, 1.807) is 0 Å². The molecule has 3 rings (SSSR count). The second-order valence-electron chi connectivity index (χ2n) is 4.02. The monoisotopic (exact) mass is 256 g/mol. The Morgan fingerprint density at radius 1 is 1.21 bits per heavy atom. The summed E-state index contributed by atoms with van der Waals surface area (Å²) >= 11 is 0. The van der Waals surface area contributed by atoms with E-state index in [2.05, 4.69) is 9.97 Å². The molecule has 0 fully saturated rings. The van der Waals surface area contributed by atoms with E-state index >= 15 is 0 Å². The molecule has 0 aliphatic heterocycles. The van der Waals surface area contributed by atoms with Gasteiger partial charge in [-0.3, -0.25) is 14.4 Å². The summed E-state index contributed by atoms with van der Waals surface area (Å²) in [5.41, 5.74) is 0.170. The lowest BCUT2D eigenvalue weighted by Crippen LogP contribution is -2.21. The first-order chi connectivity index (χ1) is 9.13. The van der Waals surface area contributed by atoms with E-state index in [-0.39, 0.29) is 22.3 Å². The molecule has 1 aromatic carbocycles. The van der Waals surface area contributed by atoms with Crippen molar-refractivity contribution in [1.82, 2.24) is 9.97 Å². The molecule has 6 heteroatoms. The molecule has 1 aliphatic rings. The van der Waals surface area contributed by atoms with Crippen LogP contribution in [0.3, 0.4) is 0 Å². The fourth-order valence-electron chi connectivity index (χ4n) is 2.15. The van der Waals surface area contributed by atoms with Gasteiger partial charge >= 0.3 is 0 Å². The summed E-state index contributed by atoms with van der Waals surface area (Å²) in [5.74, 6) is -0.880. The zero-order valence-electron chi connectivity index (χ0n) is 9.89. The van der Waals surface area contributed by atoms with Crippen LogP contribution < -0.4 is 5.56 Å². The number of hydrogen-bond donors (Lipinski definition) is 1. The van der Waals surface area contributed by atoms with E-state index in [0.29, 0.717) is 5.52 Å². The number of aromatic nitrogens is 2. The van der Waals surface area contributed by atoms with Gasteiger partial charge in [-0.2, -0.15) is 0 Å². The summed E-state index contributed by atoms with van der Waals surface area (Å²) in [6.45, 7) is 0. The number of aromatic amines is 1. The molecule has 0 spiro atoms. The van der Waals surface area contributed by atoms with E-state index in [1.807, 2.05) is 0 Å². The van der Waals surface area contributed by atoms with Crippen LogP contribution in [0.4, 0.5) is 0 Å². The Kier molecular flexibility index (Phi) is 2.31. The lowest BCUT2D eigenvalue weighted by Gasteiger charge is -2.15. The molecule has 1 aliphatic carbocycles. The minimum absolute atomic E-state index is 0.0304. The Morgan fingerprint density at radius 3 is 2.74 bits per heavy atom. The number of H-pyrrole nitrogens is 1. The van der Waals surface area contributed by atoms with Gasteiger partial charge in [0.15, 0.2) is 11.5 Å². The molecule has 0 unspecified atom stereocenters. The Bertz CT molecular complexity index is 817. The molecule has 1 N–H and O–H groups in total. The van der Waals surface area contributed by atoms with Crippen LogP contribution in [0.15, 0.2) is 35.1 Å². The van der Waals surface area contributed by atoms with Gasteiger partial charge in [-0.15, -0.1) is 0 Å². The summed E-state index contributed by atoms with van der Waals surface area (Å²) in [6.07, 6.45) is 2.35. The SMILES string of the molecule is COC1=CC(=O)c2c(ccc3nc[nH]c(=O)c23)C1=O. The molecule has 0 saturated heterocycles. The summed E-state index contributed by atoms with van der Waals surface area (Å²) in [7, 11) is 1.32. The molecule has 1 aromatic heterocycles. The second kappa shape index (κ2) is 3.88. The summed E-state index contributed by atoms with van der Waals surface area (Å²) < 4.78 is 4.86. The third kappa shape index (κ3) is 1.50. The molecule has 0 atom stereocenters. The van der Waals surface area contributed by atoms with Crippen LogP contribution in [0.25, 0.3) is 10.9 Å². The molecule has 6 nitrogen and oxygen atoms in total. The zero-order valence-corrected chi connectivity index (χ0v) is 9.89. The predicted octanol–water partition coefficient (Wildman–Crippen LogP) is 0.832. The van der Waals surface area contributed by atoms with Gasteiger partial charge in [-0.05, 0) is 12.1 Å². The van der Waals surface area contributed by atoms with Gasteiger partial charge in [-0.25, -0.2) is 4.98 Å². The summed E-state index contributed by atoms with van der Waals surface area (Å²) in [4.78, 5) is 42.4. The van der Waals surface area contributed by atoms with Crippen LogP contribution in [-0.4, -0.2) is 28.6 Å². The number of rotatable bonds is 1. The highest BCUT2D eigenvalue weighted by atomic mass is 16.5. The number of Topliss-reactive ketones (excluding diaryl/α,β-unsaturated/α-hetero) is 1. The first kappa shape index (κ1) is 11.3. The van der Waals surface area contributed by atoms with E-state index in [4.69, 9.17) is 4.74 Å². The molecule has 0 amide bonds. The van der Waals surface area contributed by atoms with E-state index in [9.17, 15) is 14.4 Å². The fraction of sp³-hybridized carbons (Fsp3) is 0.0769. The van der Waals surface area contributed by atoms with Crippen LogP contribution in [0.5, 0.6) is 0 Å². The first-order valence-electron chi connectivity index (χ1n) is 5.48. The average Bonchev–Trinajstić information content (AvgIpc) is 2.42. The van der Waals surface area contributed by atoms with E-state index in [1.165, 1.54) is 25.6 Å². The number of carbonyl (C=O) groups excluding carboxylic acids is 2. The van der Waals surface area contributed by atoms with Gasteiger partial charge in [0.25, 0.3) is 5.56 Å². The number of hydrogen-bond acceptors (Lipinski definition) is 5. The summed E-state index contributed by atoms with van der Waals surface area (Å²) in [5, 5.41) is 0.129. The number of nitrogens with zero attached hydrogens (tertiary/aromatic N) is 1. The molecular weight excluding hydrogens is 248 g/mol. The highest BCUT2D eigenvalue weighted by Crippen LogP contribution is 2.26. The van der Waals surface area contributed by atoms with Gasteiger partial charge in [0.1, 0.15) is 0 Å². The van der Waals surface area contributed by atoms with Crippen molar-refractivity contribution in [3.05, 3.63) is 51.8 Å². The minimum atomic E-state index is -0.447. The normalized spacial score (nSPS) is 14.3. The van der Waals surface area contributed by atoms with Crippen molar-refractivity contribution in [2.45, 2.75) is 0 Å². The lowest BCUT2D eigenvalue weighted by molar-refractivity contribution is 0.0917. The standard InChI is InChI=1S/C13H8N2O4/c1-19-9-4-8(16)10-6(12(9)17)2-3-7-11(10)13(18)15-5-14-7/h2-5H,1H3,(H,14,15,18). The maximum Gasteiger partial charge on any atom is 0.259 e. The van der Waals surface area contributed by atoms with Crippen molar-refractivity contribution >= 4 is 22.5 Å². The molecule has 0 saturated carbocycles. The van der Waals surface area contributed by atoms with Crippen molar-refractivity contribution in [2.24, 2.45) is 0 Å². The fourth-order valence-corrected chi connectivity index (χ4v) is 2.15. The van der Waals surface area contributed by atoms with Gasteiger partial charge in [0.2, 0.25) is 5.78 Å². The maximum atomic E-state index is 12.1. The van der Waals surface area contributed by atoms with Crippen LogP contribution >= 0.6 is 0 Å². The van der Waals surface area contributed by atoms with Crippen molar-refractivity contribution in [3.8, 4) is 0 Å². The number of fused-ring (bicyclic) bond motifs is 3. The van der Waals surface area contributed by atoms with Crippen LogP contribution in [0.1, 0.15) is 20.7 Å². The second-order valence-corrected chi connectivity index (χ2v) is 4.02. The average molecular weight is 256 g/mol. The van der Waals surface area contributed by atoms with Crippen molar-refractivity contribution in [1.29, 1.82) is 0 Å². The van der Waals surface area contributed by atoms with Crippen LogP contribution in [0, 0.1) is 0 Å². The maximum absolute atomic E-state index is 12.1. The number of ether oxygens (including phenoxy) is 1. The molecular formula is C13H8N2O4. The van der Waals surface area contributed by atoms with Gasteiger partial charge in [0.05, 0.1) is 24.3 Å². The largest absolute Gasteiger partial charge is 0.492 e. The third-order valence-electron chi connectivity index (χ3n) is 3.01. The highest BCUT2D eigenvalue weighted by Gasteiger charge is 2.29. The van der Waals surface area contributed by atoms with Crippen LogP contribution in [0.2, 0.25) is 0 Å². The number of carbonyl (C=O) groups is 2. The number of ketones is 2. The third-order valence-corrected chi connectivity index (χ3v) is 3.01. The Labute approximate surface area is 106 Å². The molecule has 0 bridgehead atoms. The van der Waals surface area contributed by atoms with E-state index in [0.717, 1.165) is 6.08 Å². The molecule has 19 heavy (non-hydrogen) atoms. The molecule has 94 valence electrons. The van der Waals surface area contributed by atoms with Gasteiger partial charge < -0.3 is 9.72 Å². The Hall–Kier alpha value is -2.76. The first-order valence-corrected chi connectivity index (χ1v) is 5.48. The number of nitrogens with one attached hydrogen (secondary N) is 1. The highest BCUT2D eigenvalue weighted by molar-refractivity contribution is 6.27. The number of allylic oxidation sites excluding steroid dienone is 2. The van der Waals surface area contributed by atoms with Crippen LogP contribution in [-0.2, 0) is 4.74 Å². The molecule has 2 aromatic rings. The van der Waals surface area contributed by atoms with Gasteiger partial charge in [-0.1, -0.05) is 0 Å². The molecule has 1 heterocycles. The lowest BCUT2D eigenvalue weighted by atomic mass is 9.91. The Balaban J connectivity index is 2.45.